The molecule has 0 fully saturated rings. The van der Waals surface area contributed by atoms with Gasteiger partial charge in [0.25, 0.3) is 0 Å². The molecule has 0 N–H and O–H groups in total. The Morgan fingerprint density at radius 3 is 1.67 bits per heavy atom. The molecule has 0 aromatic heterocycles. The van der Waals surface area contributed by atoms with E-state index in [2.05, 4.69) is 63.5 Å². The highest BCUT2D eigenvalue weighted by molar-refractivity contribution is 5.40. The van der Waals surface area contributed by atoms with Gasteiger partial charge in [-0.2, -0.15) is 0 Å². The fourth-order valence-electron chi connectivity index (χ4n) is 3.72. The van der Waals surface area contributed by atoms with E-state index in [0.29, 0.717) is 0 Å². The summed E-state index contributed by atoms with van der Waals surface area (Å²) in [6.45, 7) is 3.53. The Morgan fingerprint density at radius 2 is 1.11 bits per heavy atom. The number of unbranched alkanes of at least 4 members (excludes halogenated alkanes) is 12. The van der Waals surface area contributed by atoms with Crippen LogP contribution in [0.25, 0.3) is 0 Å². The van der Waals surface area contributed by atoms with Crippen LogP contribution in [-0.4, -0.2) is 20.6 Å². The molecular formula is C26H46N+. The SMILES string of the molecule is CCCCCCCCC=CCCCCCCCC[N+](C)(C)c1ccccc1. The van der Waals surface area contributed by atoms with Crippen molar-refractivity contribution in [2.45, 2.75) is 96.8 Å². The highest BCUT2D eigenvalue weighted by Crippen LogP contribution is 2.19. The number of benzene rings is 1. The van der Waals surface area contributed by atoms with Crippen molar-refractivity contribution in [2.75, 3.05) is 20.6 Å². The molecule has 1 nitrogen and oxygen atoms in total. The van der Waals surface area contributed by atoms with Crippen LogP contribution in [0.4, 0.5) is 5.69 Å². The molecule has 0 saturated carbocycles. The van der Waals surface area contributed by atoms with E-state index in [-0.39, 0.29) is 0 Å². The Kier molecular flexibility index (Phi) is 14.1. The zero-order chi connectivity index (χ0) is 19.6. The topological polar surface area (TPSA) is 0 Å². The molecule has 0 aliphatic rings. The Bertz CT molecular complexity index is 460. The highest BCUT2D eigenvalue weighted by atomic mass is 15.3. The van der Waals surface area contributed by atoms with Gasteiger partial charge in [0, 0.05) is 0 Å². The van der Waals surface area contributed by atoms with E-state index in [9.17, 15) is 0 Å². The van der Waals surface area contributed by atoms with Gasteiger partial charge in [-0.1, -0.05) is 88.6 Å². The molecule has 0 unspecified atom stereocenters. The summed E-state index contributed by atoms with van der Waals surface area (Å²) in [6, 6.07) is 10.9. The van der Waals surface area contributed by atoms with Crippen molar-refractivity contribution >= 4 is 5.69 Å². The summed E-state index contributed by atoms with van der Waals surface area (Å²) in [4.78, 5) is 0. The normalized spacial score (nSPS) is 12.1. The average Bonchev–Trinajstić information content (AvgIpc) is 2.68. The lowest BCUT2D eigenvalue weighted by Crippen LogP contribution is -2.41. The maximum atomic E-state index is 2.42. The largest absolute Gasteiger partial charge is 0.296 e. The third-order valence-electron chi connectivity index (χ3n) is 5.68. The first kappa shape index (κ1) is 24.0. The van der Waals surface area contributed by atoms with Crippen molar-refractivity contribution in [3.05, 3.63) is 42.5 Å². The van der Waals surface area contributed by atoms with Gasteiger partial charge in [0.2, 0.25) is 0 Å². The van der Waals surface area contributed by atoms with Gasteiger partial charge in [-0.25, -0.2) is 0 Å². The third-order valence-corrected chi connectivity index (χ3v) is 5.68. The second-order valence-electron chi connectivity index (χ2n) is 8.68. The quantitative estimate of drug-likeness (QED) is 0.146. The van der Waals surface area contributed by atoms with Gasteiger partial charge in [-0.15, -0.1) is 0 Å². The summed E-state index contributed by atoms with van der Waals surface area (Å²) in [5, 5.41) is 0. The molecule has 0 aliphatic carbocycles. The van der Waals surface area contributed by atoms with Crippen LogP contribution in [0.3, 0.4) is 0 Å². The number of rotatable bonds is 17. The molecule has 0 aliphatic heterocycles. The molecule has 154 valence electrons. The second-order valence-corrected chi connectivity index (χ2v) is 8.68. The standard InChI is InChI=1S/C26H46N/c1-4-5-6-7-8-9-10-11-12-13-14-15-16-17-18-22-25-27(2,3)26-23-20-19-21-24-26/h11-12,19-21,23-24H,4-10,13-18,22,25H2,1-3H3/q+1. The third kappa shape index (κ3) is 12.8. The van der Waals surface area contributed by atoms with Crippen LogP contribution < -0.4 is 4.48 Å². The number of quaternary nitrogens is 1. The minimum Gasteiger partial charge on any atom is -0.296 e. The molecule has 27 heavy (non-hydrogen) atoms. The first-order valence-electron chi connectivity index (χ1n) is 11.7. The molecule has 1 aromatic carbocycles. The van der Waals surface area contributed by atoms with Crippen LogP contribution in [0.5, 0.6) is 0 Å². The van der Waals surface area contributed by atoms with Crippen LogP contribution in [0.15, 0.2) is 42.5 Å². The van der Waals surface area contributed by atoms with Gasteiger partial charge < -0.3 is 0 Å². The Labute approximate surface area is 170 Å². The maximum Gasteiger partial charge on any atom is 0.132 e. The molecule has 1 rings (SSSR count). The van der Waals surface area contributed by atoms with E-state index < -0.39 is 0 Å². The fraction of sp³-hybridized carbons (Fsp3) is 0.692. The van der Waals surface area contributed by atoms with Gasteiger partial charge >= 0.3 is 0 Å². The summed E-state index contributed by atoms with van der Waals surface area (Å²) >= 11 is 0. The molecule has 0 atom stereocenters. The Morgan fingerprint density at radius 1 is 0.630 bits per heavy atom. The van der Waals surface area contributed by atoms with Crippen molar-refractivity contribution in [1.82, 2.24) is 4.48 Å². The number of para-hydroxylation sites is 1. The van der Waals surface area contributed by atoms with E-state index >= 15 is 0 Å². The van der Waals surface area contributed by atoms with Gasteiger partial charge in [0.05, 0.1) is 20.6 Å². The van der Waals surface area contributed by atoms with Crippen LogP contribution in [0.2, 0.25) is 0 Å². The van der Waals surface area contributed by atoms with Crippen LogP contribution >= 0.6 is 0 Å². The monoisotopic (exact) mass is 372 g/mol. The lowest BCUT2D eigenvalue weighted by molar-refractivity contribution is 0.381. The van der Waals surface area contributed by atoms with E-state index in [0.717, 1.165) is 4.48 Å². The van der Waals surface area contributed by atoms with Gasteiger partial charge in [-0.05, 0) is 50.7 Å². The summed E-state index contributed by atoms with van der Waals surface area (Å²) in [6.07, 6.45) is 24.2. The van der Waals surface area contributed by atoms with Crippen LogP contribution in [-0.2, 0) is 0 Å². The number of hydrogen-bond donors (Lipinski definition) is 0. The predicted molar refractivity (Wildman–Crippen MR) is 124 cm³/mol. The fourth-order valence-corrected chi connectivity index (χ4v) is 3.72. The van der Waals surface area contributed by atoms with E-state index in [1.807, 2.05) is 0 Å². The van der Waals surface area contributed by atoms with Gasteiger partial charge in [-0.3, -0.25) is 4.48 Å². The van der Waals surface area contributed by atoms with Crippen molar-refractivity contribution < 1.29 is 0 Å². The predicted octanol–water partition coefficient (Wildman–Crippen LogP) is 8.29. The van der Waals surface area contributed by atoms with E-state index in [1.54, 1.807) is 0 Å². The molecule has 0 bridgehead atoms. The van der Waals surface area contributed by atoms with Crippen molar-refractivity contribution in [1.29, 1.82) is 0 Å². The van der Waals surface area contributed by atoms with Crippen LogP contribution in [0, 0.1) is 0 Å². The lowest BCUT2D eigenvalue weighted by Gasteiger charge is -2.29. The van der Waals surface area contributed by atoms with Gasteiger partial charge in [0.1, 0.15) is 5.69 Å². The second kappa shape index (κ2) is 15.9. The highest BCUT2D eigenvalue weighted by Gasteiger charge is 2.17. The zero-order valence-corrected chi connectivity index (χ0v) is 18.6. The molecular weight excluding hydrogens is 326 g/mol. The molecule has 0 amide bonds. The average molecular weight is 373 g/mol. The molecule has 0 spiro atoms. The van der Waals surface area contributed by atoms with Crippen LogP contribution in [0.1, 0.15) is 96.8 Å². The van der Waals surface area contributed by atoms with E-state index in [1.165, 1.54) is 102 Å². The maximum absolute atomic E-state index is 2.42. The first-order valence-corrected chi connectivity index (χ1v) is 11.7. The zero-order valence-electron chi connectivity index (χ0n) is 18.6. The summed E-state index contributed by atoms with van der Waals surface area (Å²) in [7, 11) is 4.65. The molecule has 0 saturated heterocycles. The Balaban J connectivity index is 1.88. The molecule has 0 heterocycles. The minimum atomic E-state index is 1.00. The number of nitrogens with zero attached hydrogens (tertiary/aromatic N) is 1. The number of allylic oxidation sites excluding steroid dienone is 2. The minimum absolute atomic E-state index is 1.00. The van der Waals surface area contributed by atoms with Gasteiger partial charge in [0.15, 0.2) is 0 Å². The molecule has 0 radical (unpaired) electrons. The van der Waals surface area contributed by atoms with Crippen molar-refractivity contribution in [3.8, 4) is 0 Å². The molecule has 1 heteroatoms. The summed E-state index contributed by atoms with van der Waals surface area (Å²) < 4.78 is 1.00. The smallest absolute Gasteiger partial charge is 0.132 e. The number of hydrogen-bond acceptors (Lipinski definition) is 0. The summed E-state index contributed by atoms with van der Waals surface area (Å²) in [5.41, 5.74) is 1.42. The molecule has 1 aromatic rings. The van der Waals surface area contributed by atoms with E-state index in [4.69, 9.17) is 0 Å². The lowest BCUT2D eigenvalue weighted by atomic mass is 10.1. The van der Waals surface area contributed by atoms with Crippen molar-refractivity contribution in [3.63, 3.8) is 0 Å². The summed E-state index contributed by atoms with van der Waals surface area (Å²) in [5.74, 6) is 0. The van der Waals surface area contributed by atoms with Crippen molar-refractivity contribution in [2.24, 2.45) is 0 Å². The Hall–Kier alpha value is -1.08. The first-order chi connectivity index (χ1) is 13.2.